The molecule has 0 fully saturated rings. The normalized spacial score (nSPS) is 21.2. The molecule has 6 heteroatoms. The molecule has 2 aliphatic rings. The van der Waals surface area contributed by atoms with Gasteiger partial charge in [-0.2, -0.15) is 0 Å². The number of dihydropyridines is 1. The highest BCUT2D eigenvalue weighted by Crippen LogP contribution is 2.45. The van der Waals surface area contributed by atoms with E-state index in [0.717, 1.165) is 16.8 Å². The molecule has 0 radical (unpaired) electrons. The molecule has 4 rings (SSSR count). The number of ether oxygens (including phenoxy) is 1. The maximum absolute atomic E-state index is 13.4. The second-order valence-corrected chi connectivity index (χ2v) is 8.01. The maximum atomic E-state index is 13.4. The second kappa shape index (κ2) is 8.44. The number of carbonyl (C=O) groups is 2. The van der Waals surface area contributed by atoms with Gasteiger partial charge in [-0.15, -0.1) is 0 Å². The summed E-state index contributed by atoms with van der Waals surface area (Å²) in [5.41, 5.74) is 4.59. The lowest BCUT2D eigenvalue weighted by atomic mass is 9.72. The Labute approximate surface area is 180 Å². The highest BCUT2D eigenvalue weighted by molar-refractivity contribution is 6.30. The highest BCUT2D eigenvalue weighted by atomic mass is 35.5. The van der Waals surface area contributed by atoms with Gasteiger partial charge in [-0.25, -0.2) is 4.79 Å². The number of ketones is 1. The zero-order chi connectivity index (χ0) is 21.3. The predicted octanol–water partition coefficient (Wildman–Crippen LogP) is 4.66. The fourth-order valence-electron chi connectivity index (χ4n) is 4.37. The smallest absolute Gasteiger partial charge is 0.336 e. The molecule has 1 aliphatic carbocycles. The van der Waals surface area contributed by atoms with Crippen molar-refractivity contribution in [3.8, 4) is 0 Å². The molecule has 1 aromatic heterocycles. The number of nitrogens with zero attached hydrogens (tertiary/aromatic N) is 1. The number of esters is 1. The Balaban J connectivity index is 1.77. The number of allylic oxidation sites excluding steroid dienone is 3. The van der Waals surface area contributed by atoms with Gasteiger partial charge in [0.2, 0.25) is 0 Å². The number of hydrogen-bond donors (Lipinski definition) is 1. The second-order valence-electron chi connectivity index (χ2n) is 7.58. The maximum Gasteiger partial charge on any atom is 0.336 e. The van der Waals surface area contributed by atoms with Crippen LogP contribution in [0.2, 0.25) is 5.02 Å². The van der Waals surface area contributed by atoms with Crippen LogP contribution in [0, 0.1) is 0 Å². The molecular formula is C24H23ClN2O3. The molecule has 2 aromatic rings. The van der Waals surface area contributed by atoms with Crippen LogP contribution in [-0.4, -0.2) is 23.3 Å². The SMILES string of the molecule is CCOC(=O)C1=C(C)NC2=C(C(=O)C[C@@H](c3ccc(Cl)cc3)C2)[C@@H]1c1cccnc1. The van der Waals surface area contributed by atoms with Crippen LogP contribution in [0.4, 0.5) is 0 Å². The molecule has 1 aliphatic heterocycles. The van der Waals surface area contributed by atoms with E-state index in [9.17, 15) is 9.59 Å². The van der Waals surface area contributed by atoms with Crippen molar-refractivity contribution in [3.63, 3.8) is 0 Å². The lowest BCUT2D eigenvalue weighted by Crippen LogP contribution is -2.36. The average Bonchev–Trinajstić information content (AvgIpc) is 2.74. The van der Waals surface area contributed by atoms with Crippen LogP contribution in [0.5, 0.6) is 0 Å². The van der Waals surface area contributed by atoms with Gasteiger partial charge in [0, 0.05) is 46.7 Å². The fraction of sp³-hybridized carbons (Fsp3) is 0.292. The number of benzene rings is 1. The molecule has 2 atom stereocenters. The molecule has 1 N–H and O–H groups in total. The van der Waals surface area contributed by atoms with Gasteiger partial charge >= 0.3 is 5.97 Å². The van der Waals surface area contributed by atoms with Crippen molar-refractivity contribution in [2.24, 2.45) is 0 Å². The Hall–Kier alpha value is -2.92. The predicted molar refractivity (Wildman–Crippen MR) is 115 cm³/mol. The Morgan fingerprint density at radius 2 is 1.97 bits per heavy atom. The molecule has 0 amide bonds. The molecule has 0 bridgehead atoms. The summed E-state index contributed by atoms with van der Waals surface area (Å²) in [5, 5.41) is 4.01. The molecule has 0 spiro atoms. The lowest BCUT2D eigenvalue weighted by molar-refractivity contribution is -0.138. The Morgan fingerprint density at radius 1 is 1.20 bits per heavy atom. The van der Waals surface area contributed by atoms with Crippen molar-refractivity contribution < 1.29 is 14.3 Å². The molecule has 30 heavy (non-hydrogen) atoms. The third-order valence-corrected chi connectivity index (χ3v) is 5.93. The van der Waals surface area contributed by atoms with E-state index < -0.39 is 11.9 Å². The van der Waals surface area contributed by atoms with E-state index in [1.54, 1.807) is 19.3 Å². The minimum atomic E-state index is -0.479. The van der Waals surface area contributed by atoms with E-state index in [1.807, 2.05) is 43.3 Å². The summed E-state index contributed by atoms with van der Waals surface area (Å²) in [6.45, 7) is 3.90. The molecule has 0 unspecified atom stereocenters. The molecule has 1 aromatic carbocycles. The first-order valence-corrected chi connectivity index (χ1v) is 10.4. The molecule has 5 nitrogen and oxygen atoms in total. The van der Waals surface area contributed by atoms with Crippen LogP contribution >= 0.6 is 11.6 Å². The van der Waals surface area contributed by atoms with E-state index in [-0.39, 0.29) is 18.3 Å². The number of rotatable bonds is 4. The third kappa shape index (κ3) is 3.77. The number of pyridine rings is 1. The number of hydrogen-bond acceptors (Lipinski definition) is 5. The Bertz CT molecular complexity index is 1040. The monoisotopic (exact) mass is 422 g/mol. The van der Waals surface area contributed by atoms with Crippen molar-refractivity contribution >= 4 is 23.4 Å². The third-order valence-electron chi connectivity index (χ3n) is 5.68. The number of Topliss-reactive ketones (excluding diaryl/α,β-unsaturated/α-hetero) is 1. The van der Waals surface area contributed by atoms with Gasteiger partial charge in [0.25, 0.3) is 0 Å². The number of halogens is 1. The first kappa shape index (κ1) is 20.4. The summed E-state index contributed by atoms with van der Waals surface area (Å²) in [7, 11) is 0. The van der Waals surface area contributed by atoms with Crippen molar-refractivity contribution in [2.45, 2.75) is 38.5 Å². The van der Waals surface area contributed by atoms with Crippen molar-refractivity contribution in [3.05, 3.63) is 87.5 Å². The zero-order valence-electron chi connectivity index (χ0n) is 16.9. The van der Waals surface area contributed by atoms with Crippen LogP contribution in [-0.2, 0) is 14.3 Å². The summed E-state index contributed by atoms with van der Waals surface area (Å²) in [4.78, 5) is 30.4. The van der Waals surface area contributed by atoms with Crippen LogP contribution < -0.4 is 5.32 Å². The van der Waals surface area contributed by atoms with Gasteiger partial charge < -0.3 is 10.1 Å². The first-order valence-electron chi connectivity index (χ1n) is 10.1. The lowest BCUT2D eigenvalue weighted by Gasteiger charge is -2.36. The van der Waals surface area contributed by atoms with Gasteiger partial charge in [0.1, 0.15) is 0 Å². The van der Waals surface area contributed by atoms with E-state index in [2.05, 4.69) is 10.3 Å². The van der Waals surface area contributed by atoms with Gasteiger partial charge in [-0.05, 0) is 55.5 Å². The highest BCUT2D eigenvalue weighted by Gasteiger charge is 2.41. The largest absolute Gasteiger partial charge is 0.463 e. The Kier molecular flexibility index (Phi) is 5.73. The number of nitrogens with one attached hydrogen (secondary N) is 1. The minimum absolute atomic E-state index is 0.0341. The molecule has 0 saturated heterocycles. The molecule has 154 valence electrons. The summed E-state index contributed by atoms with van der Waals surface area (Å²) >= 11 is 6.02. The van der Waals surface area contributed by atoms with Gasteiger partial charge in [0.05, 0.1) is 12.2 Å². The summed E-state index contributed by atoms with van der Waals surface area (Å²) in [6.07, 6.45) is 4.46. The van der Waals surface area contributed by atoms with Crippen molar-refractivity contribution in [1.29, 1.82) is 0 Å². The van der Waals surface area contributed by atoms with Crippen LogP contribution in [0.25, 0.3) is 0 Å². The molecule has 2 heterocycles. The summed E-state index contributed by atoms with van der Waals surface area (Å²) < 4.78 is 5.32. The fourth-order valence-corrected chi connectivity index (χ4v) is 4.50. The van der Waals surface area contributed by atoms with Crippen LogP contribution in [0.15, 0.2) is 71.3 Å². The Morgan fingerprint density at radius 3 is 2.63 bits per heavy atom. The van der Waals surface area contributed by atoms with Crippen molar-refractivity contribution in [1.82, 2.24) is 10.3 Å². The quantitative estimate of drug-likeness (QED) is 0.726. The summed E-state index contributed by atoms with van der Waals surface area (Å²) in [5.74, 6) is -0.789. The van der Waals surface area contributed by atoms with E-state index in [0.29, 0.717) is 34.7 Å². The first-order chi connectivity index (χ1) is 14.5. The van der Waals surface area contributed by atoms with Crippen LogP contribution in [0.3, 0.4) is 0 Å². The standard InChI is InChI=1S/C24H23ClN2O3/c1-3-30-24(29)21-14(2)27-19-11-17(15-6-8-18(25)9-7-15)12-20(28)23(19)22(21)16-5-4-10-26-13-16/h4-10,13,17,22,27H,3,11-12H2,1-2H3/t17-,22+/m0/s1. The average molecular weight is 423 g/mol. The molecule has 0 saturated carbocycles. The topological polar surface area (TPSA) is 68.3 Å². The van der Waals surface area contributed by atoms with Crippen molar-refractivity contribution in [2.75, 3.05) is 6.61 Å². The van der Waals surface area contributed by atoms with E-state index in [1.165, 1.54) is 0 Å². The van der Waals surface area contributed by atoms with Gasteiger partial charge in [0.15, 0.2) is 5.78 Å². The molecular weight excluding hydrogens is 400 g/mol. The van der Waals surface area contributed by atoms with Crippen LogP contribution in [0.1, 0.15) is 49.7 Å². The van der Waals surface area contributed by atoms with Gasteiger partial charge in [-0.3, -0.25) is 9.78 Å². The zero-order valence-corrected chi connectivity index (χ0v) is 17.7. The van der Waals surface area contributed by atoms with Gasteiger partial charge in [-0.1, -0.05) is 29.8 Å². The van der Waals surface area contributed by atoms with E-state index in [4.69, 9.17) is 16.3 Å². The van der Waals surface area contributed by atoms with E-state index >= 15 is 0 Å². The minimum Gasteiger partial charge on any atom is -0.463 e. The number of carbonyl (C=O) groups excluding carboxylic acids is 2. The summed E-state index contributed by atoms with van der Waals surface area (Å²) in [6, 6.07) is 11.4. The number of aromatic nitrogens is 1.